The highest BCUT2D eigenvalue weighted by molar-refractivity contribution is 7.92. The third-order valence-corrected chi connectivity index (χ3v) is 17.1. The van der Waals surface area contributed by atoms with Gasteiger partial charge in [-0.15, -0.1) is 0 Å². The molecule has 2 N–H and O–H groups in total. The van der Waals surface area contributed by atoms with E-state index in [2.05, 4.69) is 31.0 Å². The number of sulfone groups is 1. The first-order chi connectivity index (χ1) is 28.6. The molecule has 2 amide bonds. The average Bonchev–Trinajstić information content (AvgIpc) is 3.51. The summed E-state index contributed by atoms with van der Waals surface area (Å²) >= 11 is 0. The monoisotopic (exact) mass is 832 g/mol. The van der Waals surface area contributed by atoms with Crippen LogP contribution in [0.2, 0.25) is 0 Å². The molecule has 2 aromatic rings. The number of piperidine rings is 2. The molecule has 1 saturated carbocycles. The highest BCUT2D eigenvalue weighted by atomic mass is 32.2. The molecule has 11 nitrogen and oxygen atoms in total. The number of halogens is 1. The van der Waals surface area contributed by atoms with Crippen LogP contribution in [0.5, 0.6) is 0 Å². The van der Waals surface area contributed by atoms with Crippen molar-refractivity contribution in [2.45, 2.75) is 105 Å². The summed E-state index contributed by atoms with van der Waals surface area (Å²) in [5, 5.41) is 12.2. The van der Waals surface area contributed by atoms with Crippen molar-refractivity contribution in [3.63, 3.8) is 0 Å². The van der Waals surface area contributed by atoms with Crippen LogP contribution in [0.15, 0.2) is 65.6 Å². The zero-order valence-corrected chi connectivity index (χ0v) is 35.5. The van der Waals surface area contributed by atoms with Gasteiger partial charge in [0.2, 0.25) is 5.91 Å². The normalized spacial score (nSPS) is 26.9. The van der Waals surface area contributed by atoms with Crippen LogP contribution in [0.1, 0.15) is 82.6 Å². The summed E-state index contributed by atoms with van der Waals surface area (Å²) < 4.78 is 42.1. The predicted octanol–water partition coefficient (Wildman–Crippen LogP) is 6.00. The van der Waals surface area contributed by atoms with E-state index in [1.54, 1.807) is 29.2 Å². The fraction of sp³-hybridized carbons (Fsp3) is 0.652. The van der Waals surface area contributed by atoms with Crippen LogP contribution in [0.4, 0.5) is 14.9 Å². The van der Waals surface area contributed by atoms with Crippen LogP contribution in [-0.4, -0.2) is 141 Å². The van der Waals surface area contributed by atoms with Gasteiger partial charge < -0.3 is 30.0 Å². The van der Waals surface area contributed by atoms with Gasteiger partial charge in [0.15, 0.2) is 9.84 Å². The number of carbonyl (C=O) groups is 2. The van der Waals surface area contributed by atoms with E-state index in [0.717, 1.165) is 128 Å². The van der Waals surface area contributed by atoms with Crippen LogP contribution in [0.25, 0.3) is 0 Å². The van der Waals surface area contributed by atoms with Crippen molar-refractivity contribution in [1.82, 2.24) is 24.9 Å². The number of nitrogens with zero attached hydrogens (tertiary/aromatic N) is 5. The second-order valence-corrected chi connectivity index (χ2v) is 20.6. The van der Waals surface area contributed by atoms with E-state index in [9.17, 15) is 23.1 Å². The van der Waals surface area contributed by atoms with Crippen LogP contribution in [-0.2, 0) is 20.0 Å². The first kappa shape index (κ1) is 42.2. The standard InChI is InChI=1S/C46H65FN6O5S/c47-37-10-4-9-36(31-37)46(34-50-25-8-26-50,42-12-5-13-43(42)48-45(55)56)35-19-28-52(29-20-35)38-11-6-27-51(30-21-38)39-15-17-40(18-16-39)59(57,58)41-32-53(33-41)44(54)14-7-24-49-22-2-1-3-23-49/h4,7,9-10,14-18,31,35,38,41-43,48H,1-3,5-6,8,11-13,19-30,32-34H2,(H,55,56)/b14-7+/t38?,42-,43-,46-/m0/s1. The lowest BCUT2D eigenvalue weighted by Crippen LogP contribution is -2.59. The maximum absolute atomic E-state index is 15.0. The SMILES string of the molecule is O=C(O)N[C@H]1CCC[C@@H]1[C@](CN1CCC1)(c1cccc(F)c1)C1CCN(C2CCCN(c3ccc(S(=O)(=O)C4CN(C(=O)/C=C/CN5CCCCC5)C4)cc3)CC2)CC1. The van der Waals surface area contributed by atoms with Gasteiger partial charge in [0.25, 0.3) is 0 Å². The average molecular weight is 833 g/mol. The molecule has 0 bridgehead atoms. The molecule has 5 aliphatic heterocycles. The Morgan fingerprint density at radius 2 is 1.54 bits per heavy atom. The smallest absolute Gasteiger partial charge is 0.404 e. The molecule has 6 aliphatic rings. The molecule has 4 atom stereocenters. The van der Waals surface area contributed by atoms with Gasteiger partial charge in [-0.25, -0.2) is 17.6 Å². The number of benzene rings is 2. The Morgan fingerprint density at radius 1 is 0.797 bits per heavy atom. The molecule has 59 heavy (non-hydrogen) atoms. The van der Waals surface area contributed by atoms with Gasteiger partial charge in [0.1, 0.15) is 11.1 Å². The molecule has 5 heterocycles. The molecule has 0 spiro atoms. The Kier molecular flexibility index (Phi) is 13.3. The molecular formula is C46H65FN6O5S. The van der Waals surface area contributed by atoms with Crippen molar-refractivity contribution in [2.24, 2.45) is 11.8 Å². The highest BCUT2D eigenvalue weighted by Crippen LogP contribution is 2.52. The van der Waals surface area contributed by atoms with Crippen molar-refractivity contribution in [2.75, 3.05) is 83.4 Å². The van der Waals surface area contributed by atoms with Gasteiger partial charge in [0.05, 0.1) is 4.90 Å². The molecule has 2 aromatic carbocycles. The lowest BCUT2D eigenvalue weighted by atomic mass is 9.57. The summed E-state index contributed by atoms with van der Waals surface area (Å²) in [7, 11) is -3.54. The fourth-order valence-electron chi connectivity index (χ4n) is 11.6. The number of nitrogens with one attached hydrogen (secondary N) is 1. The number of amides is 2. The Bertz CT molecular complexity index is 1890. The highest BCUT2D eigenvalue weighted by Gasteiger charge is 2.53. The largest absolute Gasteiger partial charge is 0.465 e. The fourth-order valence-corrected chi connectivity index (χ4v) is 13.2. The van der Waals surface area contributed by atoms with Crippen molar-refractivity contribution in [1.29, 1.82) is 0 Å². The summed E-state index contributed by atoms with van der Waals surface area (Å²) in [6.45, 7) is 10.0. The lowest BCUT2D eigenvalue weighted by molar-refractivity contribution is -0.129. The Balaban J connectivity index is 0.869. The Hall–Kier alpha value is -3.52. The summed E-state index contributed by atoms with van der Waals surface area (Å²) in [6.07, 6.45) is 15.3. The van der Waals surface area contributed by atoms with E-state index in [0.29, 0.717) is 16.9 Å². The second kappa shape index (κ2) is 18.6. The summed E-state index contributed by atoms with van der Waals surface area (Å²) in [4.78, 5) is 36.6. The molecule has 1 aliphatic carbocycles. The molecule has 1 unspecified atom stereocenters. The zero-order valence-electron chi connectivity index (χ0n) is 34.7. The van der Waals surface area contributed by atoms with Crippen molar-refractivity contribution in [3.8, 4) is 0 Å². The summed E-state index contributed by atoms with van der Waals surface area (Å²) in [6, 6.07) is 14.9. The zero-order chi connectivity index (χ0) is 41.0. The van der Waals surface area contributed by atoms with Gasteiger partial charge in [-0.2, -0.15) is 0 Å². The third-order valence-electron chi connectivity index (χ3n) is 15.0. The minimum atomic E-state index is -3.54. The van der Waals surface area contributed by atoms with Gasteiger partial charge in [0, 0.05) is 68.5 Å². The van der Waals surface area contributed by atoms with Gasteiger partial charge in [-0.1, -0.05) is 31.1 Å². The molecule has 0 radical (unpaired) electrons. The molecule has 13 heteroatoms. The molecule has 6 fully saturated rings. The number of carbonyl (C=O) groups excluding carboxylic acids is 1. The van der Waals surface area contributed by atoms with E-state index in [4.69, 9.17) is 0 Å². The van der Waals surface area contributed by atoms with Crippen LogP contribution in [0, 0.1) is 17.7 Å². The van der Waals surface area contributed by atoms with Gasteiger partial charge in [-0.05, 0) is 157 Å². The van der Waals surface area contributed by atoms with Gasteiger partial charge in [-0.3, -0.25) is 9.69 Å². The molecule has 8 rings (SSSR count). The van der Waals surface area contributed by atoms with Crippen LogP contribution in [0.3, 0.4) is 0 Å². The molecule has 5 saturated heterocycles. The number of likely N-dealkylation sites (tertiary alicyclic amines) is 4. The molecule has 322 valence electrons. The van der Waals surface area contributed by atoms with E-state index in [1.807, 2.05) is 24.3 Å². The van der Waals surface area contributed by atoms with Crippen LogP contribution < -0.4 is 10.2 Å². The lowest BCUT2D eigenvalue weighted by Gasteiger charge is -2.54. The first-order valence-electron chi connectivity index (χ1n) is 22.6. The van der Waals surface area contributed by atoms with Crippen molar-refractivity contribution < 1.29 is 27.5 Å². The van der Waals surface area contributed by atoms with Gasteiger partial charge >= 0.3 is 6.09 Å². The summed E-state index contributed by atoms with van der Waals surface area (Å²) in [5.74, 6) is 0.0886. The van der Waals surface area contributed by atoms with E-state index < -0.39 is 21.2 Å². The maximum Gasteiger partial charge on any atom is 0.404 e. The van der Waals surface area contributed by atoms with Crippen molar-refractivity contribution >= 4 is 27.5 Å². The Morgan fingerprint density at radius 3 is 2.24 bits per heavy atom. The predicted molar refractivity (Wildman–Crippen MR) is 229 cm³/mol. The quantitative estimate of drug-likeness (QED) is 0.235. The number of hydrogen-bond acceptors (Lipinski definition) is 8. The Labute approximate surface area is 350 Å². The van der Waals surface area contributed by atoms with E-state index >= 15 is 4.39 Å². The van der Waals surface area contributed by atoms with E-state index in [1.165, 1.54) is 31.7 Å². The van der Waals surface area contributed by atoms with Crippen LogP contribution >= 0.6 is 0 Å². The minimum absolute atomic E-state index is 0.111. The first-order valence-corrected chi connectivity index (χ1v) is 24.1. The maximum atomic E-state index is 15.0. The summed E-state index contributed by atoms with van der Waals surface area (Å²) in [5.41, 5.74) is 1.74. The number of anilines is 1. The third kappa shape index (κ3) is 9.38. The van der Waals surface area contributed by atoms with Crippen molar-refractivity contribution in [3.05, 3.63) is 72.1 Å². The second-order valence-electron chi connectivity index (χ2n) is 18.3. The molecule has 0 aromatic heterocycles. The molecular weight excluding hydrogens is 768 g/mol. The number of hydrogen-bond donors (Lipinski definition) is 2. The van der Waals surface area contributed by atoms with E-state index in [-0.39, 0.29) is 42.2 Å². The number of rotatable bonds is 13. The topological polar surface area (TPSA) is 117 Å². The minimum Gasteiger partial charge on any atom is -0.465 e. The number of carboxylic acid groups (broad SMARTS) is 1.